The van der Waals surface area contributed by atoms with Crippen molar-refractivity contribution in [1.29, 1.82) is 0 Å². The molecule has 8 nitrogen and oxygen atoms in total. The highest BCUT2D eigenvalue weighted by molar-refractivity contribution is 5.91. The van der Waals surface area contributed by atoms with Gasteiger partial charge in [-0.05, 0) is 19.9 Å². The number of aryl methyl sites for hydroxylation is 2. The van der Waals surface area contributed by atoms with Crippen molar-refractivity contribution in [3.63, 3.8) is 0 Å². The SMILES string of the molecule is Cc1cc(C)n2nc(C(=O)N3CC(O)C(O)C3)nc2n1. The summed E-state index contributed by atoms with van der Waals surface area (Å²) in [6, 6.07) is 1.85. The predicted molar refractivity (Wildman–Crippen MR) is 68.2 cm³/mol. The zero-order chi connectivity index (χ0) is 14.4. The molecule has 20 heavy (non-hydrogen) atoms. The lowest BCUT2D eigenvalue weighted by atomic mass is 10.3. The van der Waals surface area contributed by atoms with Crippen LogP contribution >= 0.6 is 0 Å². The lowest BCUT2D eigenvalue weighted by molar-refractivity contribution is 0.0572. The summed E-state index contributed by atoms with van der Waals surface area (Å²) in [4.78, 5) is 21.9. The maximum Gasteiger partial charge on any atom is 0.293 e. The fourth-order valence-electron chi connectivity index (χ4n) is 2.33. The smallest absolute Gasteiger partial charge is 0.293 e. The minimum absolute atomic E-state index is 0.0208. The van der Waals surface area contributed by atoms with Gasteiger partial charge in [-0.2, -0.15) is 4.98 Å². The van der Waals surface area contributed by atoms with Crippen LogP contribution in [-0.4, -0.2) is 65.9 Å². The number of rotatable bonds is 1. The molecule has 2 atom stereocenters. The Morgan fingerprint density at radius 3 is 2.55 bits per heavy atom. The molecule has 1 amide bonds. The van der Waals surface area contributed by atoms with Crippen molar-refractivity contribution in [2.75, 3.05) is 13.1 Å². The summed E-state index contributed by atoms with van der Waals surface area (Å²) < 4.78 is 1.50. The second kappa shape index (κ2) is 4.50. The molecule has 2 aromatic heterocycles. The highest BCUT2D eigenvalue weighted by Gasteiger charge is 2.34. The number of aromatic nitrogens is 4. The first-order valence-corrected chi connectivity index (χ1v) is 6.32. The topological polar surface area (TPSA) is 104 Å². The Balaban J connectivity index is 1.95. The molecule has 0 radical (unpaired) electrons. The van der Waals surface area contributed by atoms with Crippen LogP contribution in [0, 0.1) is 13.8 Å². The zero-order valence-corrected chi connectivity index (χ0v) is 11.2. The molecule has 1 aliphatic heterocycles. The molecule has 1 aliphatic rings. The van der Waals surface area contributed by atoms with E-state index in [2.05, 4.69) is 15.1 Å². The number of likely N-dealkylation sites (tertiary alicyclic amines) is 1. The van der Waals surface area contributed by atoms with Gasteiger partial charge >= 0.3 is 0 Å². The lowest BCUT2D eigenvalue weighted by Gasteiger charge is -2.12. The summed E-state index contributed by atoms with van der Waals surface area (Å²) in [7, 11) is 0. The van der Waals surface area contributed by atoms with E-state index in [4.69, 9.17) is 0 Å². The number of amides is 1. The first kappa shape index (κ1) is 12.9. The molecule has 3 heterocycles. The molecule has 2 aromatic rings. The molecular formula is C12H15N5O3. The van der Waals surface area contributed by atoms with Crippen LogP contribution in [0.1, 0.15) is 22.0 Å². The molecule has 3 rings (SSSR count). The first-order valence-electron chi connectivity index (χ1n) is 6.32. The second-order valence-corrected chi connectivity index (χ2v) is 5.03. The number of carbonyl (C=O) groups is 1. The van der Waals surface area contributed by atoms with Crippen molar-refractivity contribution >= 4 is 11.7 Å². The Morgan fingerprint density at radius 1 is 1.25 bits per heavy atom. The molecule has 2 unspecified atom stereocenters. The zero-order valence-electron chi connectivity index (χ0n) is 11.2. The first-order chi connectivity index (χ1) is 9.45. The molecule has 0 aromatic carbocycles. The third-order valence-electron chi connectivity index (χ3n) is 3.36. The van der Waals surface area contributed by atoms with E-state index >= 15 is 0 Å². The fraction of sp³-hybridized carbons (Fsp3) is 0.500. The van der Waals surface area contributed by atoms with E-state index < -0.39 is 18.1 Å². The van der Waals surface area contributed by atoms with Gasteiger partial charge in [0, 0.05) is 24.5 Å². The molecule has 0 spiro atoms. The molecule has 0 aliphatic carbocycles. The van der Waals surface area contributed by atoms with Crippen LogP contribution in [0.5, 0.6) is 0 Å². The maximum atomic E-state index is 12.2. The second-order valence-electron chi connectivity index (χ2n) is 5.03. The lowest BCUT2D eigenvalue weighted by Crippen LogP contribution is -2.30. The van der Waals surface area contributed by atoms with E-state index in [-0.39, 0.29) is 18.9 Å². The van der Waals surface area contributed by atoms with Crippen LogP contribution in [0.3, 0.4) is 0 Å². The van der Waals surface area contributed by atoms with Crippen LogP contribution < -0.4 is 0 Å². The van der Waals surface area contributed by atoms with E-state index in [0.717, 1.165) is 11.4 Å². The quantitative estimate of drug-likeness (QED) is 0.687. The maximum absolute atomic E-state index is 12.2. The Labute approximate surface area is 114 Å². The summed E-state index contributed by atoms with van der Waals surface area (Å²) in [5.41, 5.74) is 1.63. The highest BCUT2D eigenvalue weighted by Crippen LogP contribution is 2.13. The fourth-order valence-corrected chi connectivity index (χ4v) is 2.33. The number of hydrogen-bond donors (Lipinski definition) is 2. The number of β-amino-alcohol motifs (C(OH)–C–C–N with tert-alkyl or cyclic N) is 2. The van der Waals surface area contributed by atoms with Gasteiger partial charge in [0.05, 0.1) is 12.2 Å². The molecule has 1 saturated heterocycles. The molecule has 106 valence electrons. The van der Waals surface area contributed by atoms with Crippen LogP contribution in [0.2, 0.25) is 0 Å². The summed E-state index contributed by atoms with van der Waals surface area (Å²) in [6.45, 7) is 3.87. The normalized spacial score (nSPS) is 22.7. The van der Waals surface area contributed by atoms with Gasteiger partial charge in [-0.25, -0.2) is 9.50 Å². The van der Waals surface area contributed by atoms with Crippen LogP contribution in [-0.2, 0) is 0 Å². The third kappa shape index (κ3) is 2.02. The van der Waals surface area contributed by atoms with E-state index in [1.54, 1.807) is 0 Å². The third-order valence-corrected chi connectivity index (χ3v) is 3.36. The van der Waals surface area contributed by atoms with Crippen LogP contribution in [0.15, 0.2) is 6.07 Å². The summed E-state index contributed by atoms with van der Waals surface area (Å²) in [6.07, 6.45) is -1.84. The van der Waals surface area contributed by atoms with Gasteiger partial charge in [0.1, 0.15) is 0 Å². The summed E-state index contributed by atoms with van der Waals surface area (Å²) >= 11 is 0. The monoisotopic (exact) mass is 277 g/mol. The number of aliphatic hydroxyl groups is 2. The molecule has 0 saturated carbocycles. The van der Waals surface area contributed by atoms with E-state index in [1.807, 2.05) is 19.9 Å². The van der Waals surface area contributed by atoms with Crippen molar-refractivity contribution in [2.45, 2.75) is 26.1 Å². The van der Waals surface area contributed by atoms with Gasteiger partial charge < -0.3 is 15.1 Å². The molecular weight excluding hydrogens is 262 g/mol. The van der Waals surface area contributed by atoms with Gasteiger partial charge in [-0.3, -0.25) is 4.79 Å². The van der Waals surface area contributed by atoms with Crippen LogP contribution in [0.25, 0.3) is 5.78 Å². The number of hydrogen-bond acceptors (Lipinski definition) is 6. The number of carbonyl (C=O) groups excluding carboxylic acids is 1. The Kier molecular flexibility index (Phi) is 2.91. The minimum atomic E-state index is -0.918. The van der Waals surface area contributed by atoms with Gasteiger partial charge in [-0.1, -0.05) is 0 Å². The summed E-state index contributed by atoms with van der Waals surface area (Å²) in [5.74, 6) is -0.0261. The Morgan fingerprint density at radius 2 is 1.90 bits per heavy atom. The molecule has 0 bridgehead atoms. The number of fused-ring (bicyclic) bond motifs is 1. The Bertz CT molecular complexity index is 673. The molecule has 1 fully saturated rings. The van der Waals surface area contributed by atoms with Gasteiger partial charge in [-0.15, -0.1) is 5.10 Å². The van der Waals surface area contributed by atoms with Crippen molar-refractivity contribution in [3.05, 3.63) is 23.3 Å². The van der Waals surface area contributed by atoms with Crippen LogP contribution in [0.4, 0.5) is 0 Å². The Hall–Kier alpha value is -2.06. The number of nitrogens with zero attached hydrogens (tertiary/aromatic N) is 5. The van der Waals surface area contributed by atoms with Crippen molar-refractivity contribution in [3.8, 4) is 0 Å². The summed E-state index contributed by atoms with van der Waals surface area (Å²) in [5, 5.41) is 23.1. The van der Waals surface area contributed by atoms with Crippen molar-refractivity contribution in [2.24, 2.45) is 0 Å². The van der Waals surface area contributed by atoms with Gasteiger partial charge in [0.2, 0.25) is 5.82 Å². The van der Waals surface area contributed by atoms with E-state index in [0.29, 0.717) is 5.78 Å². The predicted octanol–water partition coefficient (Wildman–Crippen LogP) is -1.08. The largest absolute Gasteiger partial charge is 0.388 e. The van der Waals surface area contributed by atoms with E-state index in [9.17, 15) is 15.0 Å². The standard InChI is InChI=1S/C12H15N5O3/c1-6-3-7(2)17-12(13-6)14-10(15-17)11(20)16-4-8(18)9(19)5-16/h3,8-9,18-19H,4-5H2,1-2H3. The van der Waals surface area contributed by atoms with Crippen molar-refractivity contribution < 1.29 is 15.0 Å². The minimum Gasteiger partial charge on any atom is -0.388 e. The highest BCUT2D eigenvalue weighted by atomic mass is 16.3. The van der Waals surface area contributed by atoms with Crippen molar-refractivity contribution in [1.82, 2.24) is 24.5 Å². The van der Waals surface area contributed by atoms with Gasteiger partial charge in [0.25, 0.3) is 11.7 Å². The molecule has 2 N–H and O–H groups in total. The number of aliphatic hydroxyl groups excluding tert-OH is 2. The average molecular weight is 277 g/mol. The van der Waals surface area contributed by atoms with Gasteiger partial charge in [0.15, 0.2) is 0 Å². The average Bonchev–Trinajstić information content (AvgIpc) is 2.93. The molecule has 8 heteroatoms. The van der Waals surface area contributed by atoms with E-state index in [1.165, 1.54) is 9.42 Å².